The van der Waals surface area contributed by atoms with Crippen LogP contribution in [0.3, 0.4) is 0 Å². The fourth-order valence-corrected chi connectivity index (χ4v) is 3.76. The Morgan fingerprint density at radius 3 is 2.48 bits per heavy atom. The highest BCUT2D eigenvalue weighted by atomic mass is 127. The van der Waals surface area contributed by atoms with E-state index in [4.69, 9.17) is 0 Å². The van der Waals surface area contributed by atoms with Crippen LogP contribution in [0.5, 0.6) is 0 Å². The molecule has 3 rings (SSSR count). The first-order valence-electron chi connectivity index (χ1n) is 9.08. The summed E-state index contributed by atoms with van der Waals surface area (Å²) in [6.45, 7) is 1.06. The summed E-state index contributed by atoms with van der Waals surface area (Å²) in [5, 5.41) is 6.51. The number of aliphatic imine (C=N–C) groups is 1. The Kier molecular flexibility index (Phi) is 7.87. The Morgan fingerprint density at radius 2 is 1.86 bits per heavy atom. The van der Waals surface area contributed by atoms with E-state index in [0.717, 1.165) is 30.2 Å². The summed E-state index contributed by atoms with van der Waals surface area (Å²) in [7, 11) is -1.68. The number of nitrogens with zero attached hydrogens (tertiary/aromatic N) is 1. The second-order valence-electron chi connectivity index (χ2n) is 7.10. The summed E-state index contributed by atoms with van der Waals surface area (Å²) in [5.41, 5.74) is 2.28. The molecule has 2 aromatic carbocycles. The molecule has 0 saturated heterocycles. The molecule has 0 atom stereocenters. The lowest BCUT2D eigenvalue weighted by molar-refractivity contribution is 0.606. The molecule has 29 heavy (non-hydrogen) atoms. The third kappa shape index (κ3) is 6.56. The Balaban J connectivity index is 0.00000300. The van der Waals surface area contributed by atoms with Gasteiger partial charge in [-0.3, -0.25) is 9.71 Å². The highest BCUT2D eigenvalue weighted by molar-refractivity contribution is 14.0. The van der Waals surface area contributed by atoms with Crippen molar-refractivity contribution in [2.24, 2.45) is 4.99 Å². The number of hydrogen-bond donors (Lipinski definition) is 3. The van der Waals surface area contributed by atoms with Crippen LogP contribution in [0.1, 0.15) is 24.0 Å². The molecular formula is C20H26FIN4O2S. The SMILES string of the molecule is CN=C(NCc1ccccc1NS(C)(=O)=O)NCC1(c2cccc(F)c2)CC1.I. The average molecular weight is 532 g/mol. The quantitative estimate of drug-likeness (QED) is 0.291. The first-order valence-corrected chi connectivity index (χ1v) is 11.0. The van der Waals surface area contributed by atoms with Crippen molar-refractivity contribution in [3.8, 4) is 0 Å². The van der Waals surface area contributed by atoms with E-state index in [2.05, 4.69) is 20.3 Å². The lowest BCUT2D eigenvalue weighted by atomic mass is 9.96. The van der Waals surface area contributed by atoms with Crippen molar-refractivity contribution in [1.82, 2.24) is 10.6 Å². The Labute approximate surface area is 188 Å². The van der Waals surface area contributed by atoms with Gasteiger partial charge in [0.15, 0.2) is 5.96 Å². The molecule has 1 aliphatic carbocycles. The maximum atomic E-state index is 13.5. The molecule has 6 nitrogen and oxygen atoms in total. The smallest absolute Gasteiger partial charge is 0.229 e. The molecule has 0 spiro atoms. The number of nitrogens with one attached hydrogen (secondary N) is 3. The number of halogens is 2. The zero-order valence-electron chi connectivity index (χ0n) is 16.4. The molecule has 0 bridgehead atoms. The molecule has 0 amide bonds. The number of para-hydroxylation sites is 1. The minimum absolute atomic E-state index is 0. The minimum atomic E-state index is -3.35. The molecule has 0 heterocycles. The molecule has 1 aliphatic rings. The Hall–Kier alpha value is -1.88. The summed E-state index contributed by atoms with van der Waals surface area (Å²) in [5.74, 6) is 0.387. The molecule has 0 aliphatic heterocycles. The molecule has 1 saturated carbocycles. The lowest BCUT2D eigenvalue weighted by Crippen LogP contribution is -2.41. The van der Waals surface area contributed by atoms with Gasteiger partial charge in [0.1, 0.15) is 5.82 Å². The van der Waals surface area contributed by atoms with E-state index in [1.807, 2.05) is 18.2 Å². The predicted octanol–water partition coefficient (Wildman–Crippen LogP) is 3.21. The van der Waals surface area contributed by atoms with Crippen LogP contribution >= 0.6 is 24.0 Å². The number of benzene rings is 2. The molecule has 9 heteroatoms. The highest BCUT2D eigenvalue weighted by Gasteiger charge is 2.44. The van der Waals surface area contributed by atoms with Crippen molar-refractivity contribution in [1.29, 1.82) is 0 Å². The first-order chi connectivity index (χ1) is 13.3. The van der Waals surface area contributed by atoms with E-state index < -0.39 is 10.0 Å². The van der Waals surface area contributed by atoms with Crippen molar-refractivity contribution < 1.29 is 12.8 Å². The van der Waals surface area contributed by atoms with E-state index in [1.165, 1.54) is 6.07 Å². The van der Waals surface area contributed by atoms with Gasteiger partial charge in [-0.15, -0.1) is 24.0 Å². The molecule has 0 aromatic heterocycles. The van der Waals surface area contributed by atoms with E-state index in [-0.39, 0.29) is 35.2 Å². The van der Waals surface area contributed by atoms with Crippen molar-refractivity contribution in [3.05, 3.63) is 65.5 Å². The average Bonchev–Trinajstić information content (AvgIpc) is 3.43. The van der Waals surface area contributed by atoms with Crippen molar-refractivity contribution >= 4 is 45.6 Å². The minimum Gasteiger partial charge on any atom is -0.356 e. The van der Waals surface area contributed by atoms with Gasteiger partial charge < -0.3 is 10.6 Å². The largest absolute Gasteiger partial charge is 0.356 e. The highest BCUT2D eigenvalue weighted by Crippen LogP contribution is 2.47. The van der Waals surface area contributed by atoms with Crippen LogP contribution in [0.4, 0.5) is 10.1 Å². The number of rotatable bonds is 7. The van der Waals surface area contributed by atoms with E-state index >= 15 is 0 Å². The molecule has 158 valence electrons. The van der Waals surface area contributed by atoms with Crippen LogP contribution in [-0.4, -0.2) is 34.2 Å². The van der Waals surface area contributed by atoms with Crippen LogP contribution in [0.2, 0.25) is 0 Å². The third-order valence-electron chi connectivity index (χ3n) is 4.87. The standard InChI is InChI=1S/C20H25FN4O2S.HI/c1-22-19(23-13-15-6-3-4-9-18(15)25-28(2,26)27)24-14-20(10-11-20)16-7-5-8-17(21)12-16;/h3-9,12,25H,10-11,13-14H2,1-2H3,(H2,22,23,24);1H. The zero-order valence-corrected chi connectivity index (χ0v) is 19.6. The number of hydrogen-bond acceptors (Lipinski definition) is 3. The Morgan fingerprint density at radius 1 is 1.14 bits per heavy atom. The van der Waals surface area contributed by atoms with E-state index in [0.29, 0.717) is 24.7 Å². The number of sulfonamides is 1. The summed E-state index contributed by atoms with van der Waals surface area (Å²) in [6.07, 6.45) is 3.13. The van der Waals surface area contributed by atoms with Crippen molar-refractivity contribution in [2.75, 3.05) is 24.6 Å². The van der Waals surface area contributed by atoms with Crippen LogP contribution in [-0.2, 0) is 22.0 Å². The first kappa shape index (κ1) is 23.4. The summed E-state index contributed by atoms with van der Waals surface area (Å²) in [6, 6.07) is 13.9. The molecule has 3 N–H and O–H groups in total. The van der Waals surface area contributed by atoms with Crippen LogP contribution in [0, 0.1) is 5.82 Å². The number of guanidine groups is 1. The summed E-state index contributed by atoms with van der Waals surface area (Å²) < 4.78 is 39.1. The predicted molar refractivity (Wildman–Crippen MR) is 126 cm³/mol. The summed E-state index contributed by atoms with van der Waals surface area (Å²) >= 11 is 0. The normalized spacial score (nSPS) is 15.2. The van der Waals surface area contributed by atoms with Gasteiger partial charge in [0.2, 0.25) is 10.0 Å². The molecule has 2 aromatic rings. The lowest BCUT2D eigenvalue weighted by Gasteiger charge is -2.19. The van der Waals surface area contributed by atoms with Gasteiger partial charge >= 0.3 is 0 Å². The number of anilines is 1. The molecular weight excluding hydrogens is 506 g/mol. The van der Waals surface area contributed by atoms with Gasteiger partial charge in [0.05, 0.1) is 11.9 Å². The molecule has 0 unspecified atom stereocenters. The third-order valence-corrected chi connectivity index (χ3v) is 5.46. The maximum absolute atomic E-state index is 13.5. The van der Waals surface area contributed by atoms with Gasteiger partial charge in [-0.1, -0.05) is 30.3 Å². The van der Waals surface area contributed by atoms with E-state index in [1.54, 1.807) is 31.3 Å². The molecule has 1 fully saturated rings. The fraction of sp³-hybridized carbons (Fsp3) is 0.350. The fourth-order valence-electron chi connectivity index (χ4n) is 3.16. The summed E-state index contributed by atoms with van der Waals surface area (Å²) in [4.78, 5) is 4.23. The van der Waals surface area contributed by atoms with Crippen molar-refractivity contribution in [3.63, 3.8) is 0 Å². The van der Waals surface area contributed by atoms with Crippen LogP contribution < -0.4 is 15.4 Å². The topological polar surface area (TPSA) is 82.6 Å². The van der Waals surface area contributed by atoms with Crippen molar-refractivity contribution in [2.45, 2.75) is 24.8 Å². The molecule has 0 radical (unpaired) electrons. The monoisotopic (exact) mass is 532 g/mol. The van der Waals surface area contributed by atoms with Gasteiger partial charge in [-0.2, -0.15) is 0 Å². The second-order valence-corrected chi connectivity index (χ2v) is 8.85. The zero-order chi connectivity index (χ0) is 20.2. The van der Waals surface area contributed by atoms with E-state index in [9.17, 15) is 12.8 Å². The second kappa shape index (κ2) is 9.75. The van der Waals surface area contributed by atoms with Gasteiger partial charge in [0, 0.05) is 25.6 Å². The van der Waals surface area contributed by atoms with Crippen LogP contribution in [0.15, 0.2) is 53.5 Å². The van der Waals surface area contributed by atoms with Gasteiger partial charge in [-0.25, -0.2) is 12.8 Å². The van der Waals surface area contributed by atoms with Gasteiger partial charge in [0.25, 0.3) is 0 Å². The van der Waals surface area contributed by atoms with Crippen LogP contribution in [0.25, 0.3) is 0 Å². The Bertz CT molecular complexity index is 978. The maximum Gasteiger partial charge on any atom is 0.229 e. The van der Waals surface area contributed by atoms with Gasteiger partial charge in [-0.05, 0) is 42.2 Å².